The summed E-state index contributed by atoms with van der Waals surface area (Å²) in [5.74, 6) is -1.83. The minimum atomic E-state index is -0.699. The summed E-state index contributed by atoms with van der Waals surface area (Å²) in [6.45, 7) is 0. The van der Waals surface area contributed by atoms with Gasteiger partial charge in [0, 0.05) is 11.8 Å². The number of nitrogens with zero attached hydrogens (tertiary/aromatic N) is 1. The topological polar surface area (TPSA) is 82.1 Å². The van der Waals surface area contributed by atoms with E-state index < -0.39 is 17.9 Å². The van der Waals surface area contributed by atoms with Gasteiger partial charge in [-0.3, -0.25) is 0 Å². The van der Waals surface area contributed by atoms with Crippen molar-refractivity contribution in [1.29, 1.82) is 0 Å². The van der Waals surface area contributed by atoms with Crippen LogP contribution < -0.4 is 4.90 Å². The molecule has 1 aliphatic heterocycles. The lowest BCUT2D eigenvalue weighted by Gasteiger charge is -2.25. The molecule has 0 aliphatic carbocycles. The van der Waals surface area contributed by atoms with Crippen LogP contribution in [-0.2, 0) is 23.8 Å². The maximum absolute atomic E-state index is 12.7. The highest BCUT2D eigenvalue weighted by Gasteiger charge is 2.28. The summed E-state index contributed by atoms with van der Waals surface area (Å²) in [6.07, 6.45) is 6.48. The molecule has 0 fully saturated rings. The van der Waals surface area contributed by atoms with Crippen LogP contribution in [0, 0.1) is 0 Å². The number of anilines is 1. The summed E-state index contributed by atoms with van der Waals surface area (Å²) in [6, 6.07) is 14.2. The molecule has 2 aromatic rings. The van der Waals surface area contributed by atoms with Gasteiger partial charge in [0.25, 0.3) is 0 Å². The molecular weight excluding hydrogens is 398 g/mol. The smallest absolute Gasteiger partial charge is 0.355 e. The summed E-state index contributed by atoms with van der Waals surface area (Å²) < 4.78 is 14.6. The average Bonchev–Trinajstić information content (AvgIpc) is 3.05. The fourth-order valence-electron chi connectivity index (χ4n) is 3.21. The normalized spacial score (nSPS) is 12.9. The minimum absolute atomic E-state index is 0.0101. The van der Waals surface area contributed by atoms with Crippen LogP contribution in [-0.4, -0.2) is 39.2 Å². The van der Waals surface area contributed by atoms with Gasteiger partial charge >= 0.3 is 17.9 Å². The molecule has 1 aliphatic rings. The molecule has 0 atom stereocenters. The zero-order valence-corrected chi connectivity index (χ0v) is 17.3. The molecule has 158 valence electrons. The third kappa shape index (κ3) is 4.40. The molecule has 1 heterocycles. The van der Waals surface area contributed by atoms with E-state index in [0.717, 1.165) is 11.1 Å². The van der Waals surface area contributed by atoms with E-state index in [-0.39, 0.29) is 11.3 Å². The molecule has 0 N–H and O–H groups in total. The van der Waals surface area contributed by atoms with Gasteiger partial charge in [0.1, 0.15) is 5.70 Å². The molecule has 0 saturated heterocycles. The molecule has 0 spiro atoms. The van der Waals surface area contributed by atoms with Crippen LogP contribution in [0.2, 0.25) is 0 Å². The zero-order chi connectivity index (χ0) is 22.4. The Hall–Kier alpha value is -4.13. The number of para-hydroxylation sites is 1. The van der Waals surface area contributed by atoms with Crippen LogP contribution >= 0.6 is 0 Å². The molecule has 2 aromatic carbocycles. The number of allylic oxidation sites excluding steroid dienone is 2. The Morgan fingerprint density at radius 2 is 1.48 bits per heavy atom. The van der Waals surface area contributed by atoms with Crippen LogP contribution in [0.25, 0.3) is 11.1 Å². The second-order valence-electron chi connectivity index (χ2n) is 6.41. The van der Waals surface area contributed by atoms with Crippen molar-refractivity contribution in [1.82, 2.24) is 0 Å². The molecule has 3 rings (SSSR count). The van der Waals surface area contributed by atoms with Gasteiger partial charge in [-0.2, -0.15) is 0 Å². The molecule has 0 radical (unpaired) electrons. The Kier molecular flexibility index (Phi) is 6.67. The molecule has 0 unspecified atom stereocenters. The van der Waals surface area contributed by atoms with E-state index in [2.05, 4.69) is 0 Å². The lowest BCUT2D eigenvalue weighted by Crippen LogP contribution is -2.27. The highest BCUT2D eigenvalue weighted by atomic mass is 16.5. The molecule has 0 amide bonds. The van der Waals surface area contributed by atoms with Gasteiger partial charge in [-0.1, -0.05) is 36.4 Å². The highest BCUT2D eigenvalue weighted by molar-refractivity contribution is 6.06. The number of carbonyl (C=O) groups excluding carboxylic acids is 3. The second-order valence-corrected chi connectivity index (χ2v) is 6.41. The van der Waals surface area contributed by atoms with Crippen LogP contribution in [0.4, 0.5) is 5.69 Å². The predicted molar refractivity (Wildman–Crippen MR) is 115 cm³/mol. The van der Waals surface area contributed by atoms with Gasteiger partial charge in [-0.25, -0.2) is 14.4 Å². The molecule has 0 aromatic heterocycles. The molecule has 7 nitrogen and oxygen atoms in total. The fourth-order valence-corrected chi connectivity index (χ4v) is 3.21. The van der Waals surface area contributed by atoms with Crippen molar-refractivity contribution in [3.05, 3.63) is 89.8 Å². The highest BCUT2D eigenvalue weighted by Crippen LogP contribution is 2.35. The number of carbonyl (C=O) groups is 3. The van der Waals surface area contributed by atoms with E-state index in [4.69, 9.17) is 14.2 Å². The van der Waals surface area contributed by atoms with E-state index in [1.807, 2.05) is 24.3 Å². The summed E-state index contributed by atoms with van der Waals surface area (Å²) in [4.78, 5) is 38.7. The van der Waals surface area contributed by atoms with Crippen molar-refractivity contribution in [3.8, 4) is 11.1 Å². The largest absolute Gasteiger partial charge is 0.465 e. The zero-order valence-electron chi connectivity index (χ0n) is 17.3. The van der Waals surface area contributed by atoms with Gasteiger partial charge in [0.05, 0.1) is 38.2 Å². The maximum Gasteiger partial charge on any atom is 0.355 e. The van der Waals surface area contributed by atoms with E-state index in [1.165, 1.54) is 27.4 Å². The first-order valence-corrected chi connectivity index (χ1v) is 9.34. The van der Waals surface area contributed by atoms with Gasteiger partial charge in [-0.05, 0) is 35.9 Å². The molecule has 7 heteroatoms. The number of hydrogen-bond acceptors (Lipinski definition) is 7. The van der Waals surface area contributed by atoms with Gasteiger partial charge in [0.15, 0.2) is 0 Å². The minimum Gasteiger partial charge on any atom is -0.465 e. The van der Waals surface area contributed by atoms with Crippen LogP contribution in [0.5, 0.6) is 0 Å². The van der Waals surface area contributed by atoms with Crippen LogP contribution in [0.3, 0.4) is 0 Å². The lowest BCUT2D eigenvalue weighted by molar-refractivity contribution is -0.139. The van der Waals surface area contributed by atoms with E-state index in [9.17, 15) is 14.4 Å². The number of hydrogen-bond donors (Lipinski definition) is 0. The number of esters is 3. The third-order valence-electron chi connectivity index (χ3n) is 4.65. The third-order valence-corrected chi connectivity index (χ3v) is 4.65. The van der Waals surface area contributed by atoms with E-state index >= 15 is 0 Å². The molecule has 0 saturated carbocycles. The van der Waals surface area contributed by atoms with Crippen molar-refractivity contribution >= 4 is 23.6 Å². The Labute approximate surface area is 179 Å². The van der Waals surface area contributed by atoms with E-state index in [1.54, 1.807) is 47.5 Å². The van der Waals surface area contributed by atoms with E-state index in [0.29, 0.717) is 11.3 Å². The van der Waals surface area contributed by atoms with Crippen LogP contribution in [0.1, 0.15) is 10.4 Å². The summed E-state index contributed by atoms with van der Waals surface area (Å²) in [5.41, 5.74) is 2.51. The quantitative estimate of drug-likeness (QED) is 0.541. The predicted octanol–water partition coefficient (Wildman–Crippen LogP) is 3.63. The van der Waals surface area contributed by atoms with Crippen molar-refractivity contribution in [2.24, 2.45) is 0 Å². The molecule has 31 heavy (non-hydrogen) atoms. The molecular formula is C24H21NO6. The number of methoxy groups -OCH3 is 3. The lowest BCUT2D eigenvalue weighted by atomic mass is 10.00. The molecule has 0 bridgehead atoms. The number of ether oxygens (including phenoxy) is 3. The average molecular weight is 419 g/mol. The Balaban J connectivity index is 2.22. The van der Waals surface area contributed by atoms with Crippen molar-refractivity contribution in [2.75, 3.05) is 26.2 Å². The Bertz CT molecular complexity index is 1110. The first-order valence-electron chi connectivity index (χ1n) is 9.34. The van der Waals surface area contributed by atoms with Crippen molar-refractivity contribution in [2.45, 2.75) is 0 Å². The summed E-state index contributed by atoms with van der Waals surface area (Å²) in [5, 5.41) is 0. The number of benzene rings is 2. The van der Waals surface area contributed by atoms with Crippen molar-refractivity contribution in [3.63, 3.8) is 0 Å². The second kappa shape index (κ2) is 9.58. The summed E-state index contributed by atoms with van der Waals surface area (Å²) in [7, 11) is 3.80. The fraction of sp³-hybridized carbons (Fsp3) is 0.125. The van der Waals surface area contributed by atoms with Crippen molar-refractivity contribution < 1.29 is 28.6 Å². The Morgan fingerprint density at radius 1 is 0.774 bits per heavy atom. The first-order chi connectivity index (χ1) is 15.0. The Morgan fingerprint density at radius 3 is 2.19 bits per heavy atom. The number of rotatable bonds is 5. The van der Waals surface area contributed by atoms with Gasteiger partial charge < -0.3 is 19.1 Å². The summed E-state index contributed by atoms with van der Waals surface area (Å²) >= 11 is 0. The van der Waals surface area contributed by atoms with Gasteiger partial charge in [0.2, 0.25) is 0 Å². The monoisotopic (exact) mass is 419 g/mol. The first kappa shape index (κ1) is 21.6. The van der Waals surface area contributed by atoms with Gasteiger partial charge in [-0.15, -0.1) is 0 Å². The maximum atomic E-state index is 12.7. The standard InChI is InChI=1S/C24H21NO6/c1-29-22(26)17-10-8-9-16(15-17)18-11-4-5-13-20(18)25-14-7-6-12-19(23(27)30-2)21(25)24(28)31-3/h4-15H,1-3H3. The SMILES string of the molecule is COC(=O)C1=C(C(=O)OC)N(c2ccccc2-c2cccc(C(=O)OC)c2)C=CC=C1. The van der Waals surface area contributed by atoms with Crippen LogP contribution in [0.15, 0.2) is 84.2 Å².